The summed E-state index contributed by atoms with van der Waals surface area (Å²) in [6.45, 7) is 0. The molecule has 0 aliphatic heterocycles. The monoisotopic (exact) mass is 316 g/mol. The Morgan fingerprint density at radius 1 is 0.783 bits per heavy atom. The number of ketones is 1. The third-order valence-electron chi connectivity index (χ3n) is 4.89. The van der Waals surface area contributed by atoms with Crippen molar-refractivity contribution in [3.05, 3.63) is 22.8 Å². The SMILES string of the molecule is COc1cc2c(c(OC)c1OC)C1=C(CCCCC1)C(=O)CC2. The molecule has 0 saturated heterocycles. The number of methoxy groups -OCH3 is 3. The zero-order valence-electron chi connectivity index (χ0n) is 14.2. The van der Waals surface area contributed by atoms with Gasteiger partial charge in [-0.1, -0.05) is 6.42 Å². The summed E-state index contributed by atoms with van der Waals surface area (Å²) >= 11 is 0. The van der Waals surface area contributed by atoms with Crippen LogP contribution in [0.5, 0.6) is 17.2 Å². The number of Topliss-reactive ketones (excluding diaryl/α,β-unsaturated/α-hetero) is 1. The molecule has 0 aromatic heterocycles. The molecule has 4 heteroatoms. The maximum absolute atomic E-state index is 12.6. The molecule has 0 bridgehead atoms. The molecular weight excluding hydrogens is 292 g/mol. The molecule has 0 N–H and O–H groups in total. The normalized spacial score (nSPS) is 17.8. The van der Waals surface area contributed by atoms with Gasteiger partial charge in [0.2, 0.25) is 5.75 Å². The van der Waals surface area contributed by atoms with Gasteiger partial charge in [-0.25, -0.2) is 0 Å². The Labute approximate surface area is 137 Å². The molecule has 2 aliphatic carbocycles. The summed E-state index contributed by atoms with van der Waals surface area (Å²) in [7, 11) is 4.90. The van der Waals surface area contributed by atoms with Gasteiger partial charge in [0.1, 0.15) is 0 Å². The van der Waals surface area contributed by atoms with Crippen LogP contribution in [0, 0.1) is 0 Å². The van der Waals surface area contributed by atoms with E-state index in [9.17, 15) is 4.79 Å². The topological polar surface area (TPSA) is 44.8 Å². The number of carbonyl (C=O) groups is 1. The molecule has 1 aromatic carbocycles. The smallest absolute Gasteiger partial charge is 0.203 e. The van der Waals surface area contributed by atoms with Crippen molar-refractivity contribution in [2.45, 2.75) is 44.9 Å². The molecule has 23 heavy (non-hydrogen) atoms. The van der Waals surface area contributed by atoms with Gasteiger partial charge in [-0.05, 0) is 54.9 Å². The van der Waals surface area contributed by atoms with Gasteiger partial charge in [0.05, 0.1) is 21.3 Å². The van der Waals surface area contributed by atoms with Gasteiger partial charge >= 0.3 is 0 Å². The van der Waals surface area contributed by atoms with Gasteiger partial charge in [0.15, 0.2) is 17.3 Å². The van der Waals surface area contributed by atoms with Crippen molar-refractivity contribution >= 4 is 11.4 Å². The Morgan fingerprint density at radius 2 is 1.48 bits per heavy atom. The summed E-state index contributed by atoms with van der Waals surface area (Å²) in [5, 5.41) is 0. The van der Waals surface area contributed by atoms with E-state index in [0.29, 0.717) is 23.7 Å². The van der Waals surface area contributed by atoms with Crippen LogP contribution in [0.1, 0.15) is 49.7 Å². The summed E-state index contributed by atoms with van der Waals surface area (Å²) in [5.74, 6) is 2.26. The van der Waals surface area contributed by atoms with E-state index >= 15 is 0 Å². The van der Waals surface area contributed by atoms with Gasteiger partial charge in [-0.2, -0.15) is 0 Å². The van der Waals surface area contributed by atoms with Crippen LogP contribution in [-0.4, -0.2) is 27.1 Å². The highest BCUT2D eigenvalue weighted by molar-refractivity contribution is 6.05. The van der Waals surface area contributed by atoms with Crippen LogP contribution in [0.4, 0.5) is 0 Å². The molecule has 3 rings (SSSR count). The molecule has 0 radical (unpaired) electrons. The van der Waals surface area contributed by atoms with Crippen molar-refractivity contribution in [1.82, 2.24) is 0 Å². The van der Waals surface area contributed by atoms with Crippen LogP contribution in [0.3, 0.4) is 0 Å². The Morgan fingerprint density at radius 3 is 2.13 bits per heavy atom. The summed E-state index contributed by atoms with van der Waals surface area (Å²) < 4.78 is 16.7. The first-order valence-electron chi connectivity index (χ1n) is 8.28. The minimum atomic E-state index is 0.290. The van der Waals surface area contributed by atoms with E-state index in [4.69, 9.17) is 14.2 Å². The molecule has 0 atom stereocenters. The fraction of sp³-hybridized carbons (Fsp3) is 0.526. The number of carbonyl (C=O) groups excluding carboxylic acids is 1. The first kappa shape index (κ1) is 15.9. The number of allylic oxidation sites excluding steroid dienone is 2. The fourth-order valence-corrected chi connectivity index (χ4v) is 3.80. The molecule has 0 heterocycles. The van der Waals surface area contributed by atoms with Crippen molar-refractivity contribution < 1.29 is 19.0 Å². The molecule has 4 nitrogen and oxygen atoms in total. The maximum Gasteiger partial charge on any atom is 0.203 e. The van der Waals surface area contributed by atoms with Gasteiger partial charge < -0.3 is 14.2 Å². The van der Waals surface area contributed by atoms with Crippen LogP contribution < -0.4 is 14.2 Å². The number of fused-ring (bicyclic) bond motifs is 2. The number of benzene rings is 1. The largest absolute Gasteiger partial charge is 0.493 e. The highest BCUT2D eigenvalue weighted by Crippen LogP contribution is 2.49. The minimum absolute atomic E-state index is 0.290. The molecule has 0 unspecified atom stereocenters. The molecular formula is C19H24O4. The fourth-order valence-electron chi connectivity index (χ4n) is 3.80. The third kappa shape index (κ3) is 2.71. The molecule has 0 fully saturated rings. The van der Waals surface area contributed by atoms with Crippen LogP contribution in [0.15, 0.2) is 11.6 Å². The number of aryl methyl sites for hydroxylation is 1. The van der Waals surface area contributed by atoms with Crippen molar-refractivity contribution in [3.63, 3.8) is 0 Å². The van der Waals surface area contributed by atoms with Gasteiger partial charge in [-0.3, -0.25) is 4.79 Å². The number of ether oxygens (including phenoxy) is 3. The van der Waals surface area contributed by atoms with Crippen LogP contribution in [-0.2, 0) is 11.2 Å². The zero-order valence-corrected chi connectivity index (χ0v) is 14.2. The summed E-state index contributed by atoms with van der Waals surface area (Å²) in [6, 6.07) is 2.00. The van der Waals surface area contributed by atoms with Crippen LogP contribution >= 0.6 is 0 Å². The lowest BCUT2D eigenvalue weighted by atomic mass is 9.91. The van der Waals surface area contributed by atoms with E-state index in [1.807, 2.05) is 6.07 Å². The lowest BCUT2D eigenvalue weighted by Crippen LogP contribution is -2.03. The van der Waals surface area contributed by atoms with E-state index in [-0.39, 0.29) is 5.78 Å². The van der Waals surface area contributed by atoms with E-state index in [1.54, 1.807) is 21.3 Å². The Hall–Kier alpha value is -1.97. The summed E-state index contributed by atoms with van der Waals surface area (Å²) in [4.78, 5) is 12.6. The predicted molar refractivity (Wildman–Crippen MR) is 89.4 cm³/mol. The third-order valence-corrected chi connectivity index (χ3v) is 4.89. The second-order valence-corrected chi connectivity index (χ2v) is 6.12. The molecule has 2 aliphatic rings. The Bertz CT molecular complexity index is 658. The molecule has 124 valence electrons. The van der Waals surface area contributed by atoms with Gasteiger partial charge in [0.25, 0.3) is 0 Å². The van der Waals surface area contributed by atoms with Crippen molar-refractivity contribution in [2.24, 2.45) is 0 Å². The molecule has 1 aromatic rings. The van der Waals surface area contributed by atoms with E-state index in [0.717, 1.165) is 54.4 Å². The predicted octanol–water partition coefficient (Wildman–Crippen LogP) is 3.95. The molecule has 0 saturated carbocycles. The average molecular weight is 316 g/mol. The summed E-state index contributed by atoms with van der Waals surface area (Å²) in [5.41, 5.74) is 4.36. The highest BCUT2D eigenvalue weighted by Gasteiger charge is 2.30. The van der Waals surface area contributed by atoms with E-state index in [2.05, 4.69) is 0 Å². The van der Waals surface area contributed by atoms with Gasteiger partial charge in [0, 0.05) is 12.0 Å². The Kier molecular flexibility index (Phi) is 4.60. The van der Waals surface area contributed by atoms with Crippen LogP contribution in [0.25, 0.3) is 5.57 Å². The molecule has 0 spiro atoms. The highest BCUT2D eigenvalue weighted by atomic mass is 16.5. The second kappa shape index (κ2) is 6.65. The Balaban J connectivity index is 2.29. The standard InChI is InChI=1S/C19H24O4/c1-21-16-11-12-9-10-15(20)13-7-5-4-6-8-14(13)17(12)19(23-3)18(16)22-2/h11H,4-10H2,1-3H3. The first-order chi connectivity index (χ1) is 11.2. The first-order valence-corrected chi connectivity index (χ1v) is 8.28. The van der Waals surface area contributed by atoms with Crippen molar-refractivity contribution in [2.75, 3.05) is 21.3 Å². The quantitative estimate of drug-likeness (QED) is 0.847. The van der Waals surface area contributed by atoms with Crippen molar-refractivity contribution in [1.29, 1.82) is 0 Å². The minimum Gasteiger partial charge on any atom is -0.493 e. The molecule has 0 amide bonds. The lowest BCUT2D eigenvalue weighted by molar-refractivity contribution is -0.115. The zero-order chi connectivity index (χ0) is 16.4. The van der Waals surface area contributed by atoms with Gasteiger partial charge in [-0.15, -0.1) is 0 Å². The van der Waals surface area contributed by atoms with Crippen LogP contribution in [0.2, 0.25) is 0 Å². The summed E-state index contributed by atoms with van der Waals surface area (Å²) in [6.07, 6.45) is 6.47. The average Bonchev–Trinajstić information content (AvgIpc) is 2.89. The van der Waals surface area contributed by atoms with E-state index in [1.165, 1.54) is 6.42 Å². The maximum atomic E-state index is 12.6. The second-order valence-electron chi connectivity index (χ2n) is 6.12. The van der Waals surface area contributed by atoms with Crippen molar-refractivity contribution in [3.8, 4) is 17.2 Å². The van der Waals surface area contributed by atoms with E-state index < -0.39 is 0 Å². The number of hydrogen-bond acceptors (Lipinski definition) is 4. The lowest BCUT2D eigenvalue weighted by Gasteiger charge is -2.20. The number of rotatable bonds is 3. The number of hydrogen-bond donors (Lipinski definition) is 0.